The van der Waals surface area contributed by atoms with Crippen LogP contribution in [0.2, 0.25) is 5.02 Å². The first-order chi connectivity index (χ1) is 18.5. The number of allylic oxidation sites excluding steroid dienone is 1. The average molecular weight is 545 g/mol. The second-order valence-electron chi connectivity index (χ2n) is 8.78. The van der Waals surface area contributed by atoms with Crippen LogP contribution in [0, 0.1) is 0 Å². The third-order valence-corrected chi connectivity index (χ3v) is 7.29. The lowest BCUT2D eigenvalue weighted by Crippen LogP contribution is -2.38. The number of hydrogen-bond acceptors (Lipinski definition) is 7. The van der Waals surface area contributed by atoms with E-state index >= 15 is 0 Å². The number of halogens is 1. The highest BCUT2D eigenvalue weighted by atomic mass is 35.5. The van der Waals surface area contributed by atoms with Gasteiger partial charge in [-0.1, -0.05) is 71.9 Å². The van der Waals surface area contributed by atoms with Gasteiger partial charge < -0.3 is 15.0 Å². The van der Waals surface area contributed by atoms with Crippen LogP contribution in [0.25, 0.3) is 0 Å². The van der Waals surface area contributed by atoms with Gasteiger partial charge in [0.2, 0.25) is 5.91 Å². The molecule has 1 atom stereocenters. The number of nitrogens with zero attached hydrogens (tertiary/aromatic N) is 3. The Bertz CT molecular complexity index is 1420. The van der Waals surface area contributed by atoms with Crippen molar-refractivity contribution >= 4 is 40.4 Å². The maximum Gasteiger partial charge on any atom is 0.338 e. The summed E-state index contributed by atoms with van der Waals surface area (Å²) in [5.74, 6) is -0.608. The summed E-state index contributed by atoms with van der Waals surface area (Å²) in [4.78, 5) is 37.3. The fourth-order valence-electron chi connectivity index (χ4n) is 4.31. The first-order valence-corrected chi connectivity index (χ1v) is 13.3. The van der Waals surface area contributed by atoms with Crippen LogP contribution in [0.15, 0.2) is 106 Å². The van der Waals surface area contributed by atoms with Crippen molar-refractivity contribution in [2.45, 2.75) is 32.5 Å². The van der Waals surface area contributed by atoms with Crippen LogP contribution >= 0.6 is 23.4 Å². The van der Waals surface area contributed by atoms with Crippen LogP contribution in [0.5, 0.6) is 0 Å². The molecule has 38 heavy (non-hydrogen) atoms. The number of ether oxygens (including phenoxy) is 1. The van der Waals surface area contributed by atoms with Gasteiger partial charge in [-0.2, -0.15) is 0 Å². The number of aliphatic imine (C=N–C) groups is 1. The molecule has 0 spiro atoms. The summed E-state index contributed by atoms with van der Waals surface area (Å²) in [6, 6.07) is 21.9. The molecule has 9 heteroatoms. The first-order valence-electron chi connectivity index (χ1n) is 12.1. The van der Waals surface area contributed by atoms with Gasteiger partial charge in [-0.3, -0.25) is 9.78 Å². The van der Waals surface area contributed by atoms with Gasteiger partial charge in [0.05, 0.1) is 36.0 Å². The molecule has 0 saturated carbocycles. The average Bonchev–Trinajstić information content (AvgIpc) is 3.33. The molecule has 3 aromatic rings. The van der Waals surface area contributed by atoms with Gasteiger partial charge in [0.15, 0.2) is 5.17 Å². The summed E-state index contributed by atoms with van der Waals surface area (Å²) in [5, 5.41) is 6.13. The molecule has 1 aromatic heterocycles. The molecule has 3 heterocycles. The highest BCUT2D eigenvalue weighted by Crippen LogP contribution is 2.45. The zero-order valence-electron chi connectivity index (χ0n) is 20.6. The SMILES string of the molecule is CC1=C(C(=O)OCc2ccccc2)C(c2ccc(Cl)cc2)N2C(CC(=O)NCc3ccccn3)=CSC2=N1. The van der Waals surface area contributed by atoms with E-state index in [4.69, 9.17) is 21.3 Å². The van der Waals surface area contributed by atoms with Crippen molar-refractivity contribution in [2.75, 3.05) is 0 Å². The Balaban J connectivity index is 1.39. The Hall–Kier alpha value is -3.88. The first kappa shape index (κ1) is 25.8. The Morgan fingerprint density at radius 3 is 2.55 bits per heavy atom. The molecule has 2 aromatic carbocycles. The maximum atomic E-state index is 13.5. The Kier molecular flexibility index (Phi) is 7.91. The van der Waals surface area contributed by atoms with Gasteiger partial charge >= 0.3 is 5.97 Å². The minimum absolute atomic E-state index is 0.119. The van der Waals surface area contributed by atoms with E-state index in [1.165, 1.54) is 11.8 Å². The van der Waals surface area contributed by atoms with Crippen molar-refractivity contribution in [3.05, 3.63) is 123 Å². The molecule has 0 aliphatic carbocycles. The van der Waals surface area contributed by atoms with Crippen LogP contribution in [0.3, 0.4) is 0 Å². The number of benzene rings is 2. The zero-order chi connectivity index (χ0) is 26.5. The number of carbonyl (C=O) groups excluding carboxylic acids is 2. The molecule has 2 aliphatic rings. The van der Waals surface area contributed by atoms with Crippen molar-refractivity contribution < 1.29 is 14.3 Å². The van der Waals surface area contributed by atoms with Crippen molar-refractivity contribution in [3.8, 4) is 0 Å². The summed E-state index contributed by atoms with van der Waals surface area (Å²) >= 11 is 7.60. The number of thioether (sulfide) groups is 1. The number of pyridine rings is 1. The zero-order valence-corrected chi connectivity index (χ0v) is 22.2. The summed E-state index contributed by atoms with van der Waals surface area (Å²) in [6.45, 7) is 2.29. The van der Waals surface area contributed by atoms with E-state index in [1.807, 2.05) is 77.9 Å². The normalized spacial score (nSPS) is 16.5. The van der Waals surface area contributed by atoms with Crippen LogP contribution < -0.4 is 5.32 Å². The largest absolute Gasteiger partial charge is 0.457 e. The number of hydrogen-bond donors (Lipinski definition) is 1. The summed E-state index contributed by atoms with van der Waals surface area (Å²) < 4.78 is 5.73. The van der Waals surface area contributed by atoms with E-state index in [9.17, 15) is 9.59 Å². The van der Waals surface area contributed by atoms with Gasteiger partial charge in [-0.15, -0.1) is 0 Å². The lowest BCUT2D eigenvalue weighted by molar-refractivity contribution is -0.141. The molecule has 5 rings (SSSR count). The van der Waals surface area contributed by atoms with Gasteiger partial charge in [0.25, 0.3) is 0 Å². The van der Waals surface area contributed by atoms with Gasteiger partial charge in [-0.25, -0.2) is 9.79 Å². The molecule has 1 N–H and O–H groups in total. The molecule has 7 nitrogen and oxygen atoms in total. The van der Waals surface area contributed by atoms with Crippen LogP contribution in [-0.4, -0.2) is 26.9 Å². The molecule has 0 radical (unpaired) electrons. The Morgan fingerprint density at radius 1 is 1.05 bits per heavy atom. The quantitative estimate of drug-likeness (QED) is 0.363. The monoisotopic (exact) mass is 544 g/mol. The van der Waals surface area contributed by atoms with Crippen LogP contribution in [0.1, 0.15) is 36.2 Å². The highest BCUT2D eigenvalue weighted by molar-refractivity contribution is 8.16. The number of amides is 1. The molecule has 1 unspecified atom stereocenters. The number of nitrogens with one attached hydrogen (secondary N) is 1. The van der Waals surface area contributed by atoms with E-state index in [-0.39, 0.29) is 18.9 Å². The maximum absolute atomic E-state index is 13.5. The predicted molar refractivity (Wildman–Crippen MR) is 149 cm³/mol. The molecule has 0 bridgehead atoms. The minimum atomic E-state index is -0.520. The minimum Gasteiger partial charge on any atom is -0.457 e. The van der Waals surface area contributed by atoms with Gasteiger partial charge in [-0.05, 0) is 47.7 Å². The fraction of sp³-hybridized carbons (Fsp3) is 0.172. The Morgan fingerprint density at radius 2 is 1.82 bits per heavy atom. The molecule has 0 fully saturated rings. The van der Waals surface area contributed by atoms with E-state index in [2.05, 4.69) is 10.3 Å². The second-order valence-corrected chi connectivity index (χ2v) is 10.1. The van der Waals surface area contributed by atoms with Gasteiger partial charge in [0.1, 0.15) is 6.61 Å². The number of amidine groups is 1. The molecule has 192 valence electrons. The summed E-state index contributed by atoms with van der Waals surface area (Å²) in [7, 11) is 0. The van der Waals surface area contributed by atoms with E-state index < -0.39 is 12.0 Å². The van der Waals surface area contributed by atoms with E-state index in [0.717, 1.165) is 22.5 Å². The fourth-order valence-corrected chi connectivity index (χ4v) is 5.40. The molecule has 1 amide bonds. The highest BCUT2D eigenvalue weighted by Gasteiger charge is 2.41. The van der Waals surface area contributed by atoms with E-state index in [0.29, 0.717) is 28.0 Å². The lowest BCUT2D eigenvalue weighted by atomic mass is 9.94. The van der Waals surface area contributed by atoms with Crippen molar-refractivity contribution in [3.63, 3.8) is 0 Å². The molecular formula is C29H25ClN4O3S. The smallest absolute Gasteiger partial charge is 0.338 e. The van der Waals surface area contributed by atoms with Crippen molar-refractivity contribution in [2.24, 2.45) is 4.99 Å². The van der Waals surface area contributed by atoms with Crippen LogP contribution in [0.4, 0.5) is 0 Å². The molecular weight excluding hydrogens is 520 g/mol. The summed E-state index contributed by atoms with van der Waals surface area (Å²) in [5.41, 5.74) is 4.26. The number of rotatable bonds is 8. The predicted octanol–water partition coefficient (Wildman–Crippen LogP) is 5.76. The lowest BCUT2D eigenvalue weighted by Gasteiger charge is -2.36. The topological polar surface area (TPSA) is 83.9 Å². The molecule has 2 aliphatic heterocycles. The molecule has 0 saturated heterocycles. The van der Waals surface area contributed by atoms with Crippen LogP contribution in [-0.2, 0) is 27.5 Å². The number of aromatic nitrogens is 1. The Labute approximate surface area is 230 Å². The van der Waals surface area contributed by atoms with E-state index in [1.54, 1.807) is 18.3 Å². The summed E-state index contributed by atoms with van der Waals surface area (Å²) in [6.07, 6.45) is 1.81. The number of carbonyl (C=O) groups is 2. The third-order valence-electron chi connectivity index (χ3n) is 6.15. The van der Waals surface area contributed by atoms with Crippen molar-refractivity contribution in [1.29, 1.82) is 0 Å². The third kappa shape index (κ3) is 5.82. The van der Waals surface area contributed by atoms with Crippen molar-refractivity contribution in [1.82, 2.24) is 15.2 Å². The second kappa shape index (κ2) is 11.7. The number of fused-ring (bicyclic) bond motifs is 1. The number of esters is 1. The van der Waals surface area contributed by atoms with Gasteiger partial charge in [0, 0.05) is 16.9 Å². The standard InChI is InChI=1S/C29H25ClN4O3S/c1-19-26(28(36)37-17-20-7-3-2-4-8-20)27(21-10-12-22(30)13-11-21)34-24(18-38-29(34)33-19)15-25(35)32-16-23-9-5-6-14-31-23/h2-14,18,27H,15-17H2,1H3,(H,32,35).